The minimum absolute atomic E-state index is 0.00489. The molecule has 0 aliphatic carbocycles. The van der Waals surface area contributed by atoms with Gasteiger partial charge in [-0.2, -0.15) is 0 Å². The van der Waals surface area contributed by atoms with Crippen LogP contribution in [0.4, 0.5) is 5.82 Å². The van der Waals surface area contributed by atoms with Gasteiger partial charge in [0.25, 0.3) is 0 Å². The van der Waals surface area contributed by atoms with Crippen LogP contribution in [0.1, 0.15) is 20.3 Å². The normalized spacial score (nSPS) is 12.3. The highest BCUT2D eigenvalue weighted by molar-refractivity contribution is 7.91. The summed E-state index contributed by atoms with van der Waals surface area (Å²) < 4.78 is 49.1. The molecule has 9 heteroatoms. The number of sulfone groups is 1. The number of anilines is 1. The Labute approximate surface area is 126 Å². The summed E-state index contributed by atoms with van der Waals surface area (Å²) in [6.07, 6.45) is 2.29. The van der Waals surface area contributed by atoms with E-state index in [1.54, 1.807) is 0 Å². The van der Waals surface area contributed by atoms with Gasteiger partial charge in [0.2, 0.25) is 10.0 Å². The average Bonchev–Trinajstić information content (AvgIpc) is 2.45. The predicted octanol–water partition coefficient (Wildman–Crippen LogP) is 0.616. The van der Waals surface area contributed by atoms with Crippen molar-refractivity contribution in [2.45, 2.75) is 25.2 Å². The lowest BCUT2D eigenvalue weighted by Gasteiger charge is -2.09. The lowest BCUT2D eigenvalue weighted by Crippen LogP contribution is -2.29. The van der Waals surface area contributed by atoms with Crippen LogP contribution in [0.3, 0.4) is 0 Å². The van der Waals surface area contributed by atoms with Crippen molar-refractivity contribution in [1.82, 2.24) is 9.71 Å². The molecule has 0 radical (unpaired) electrons. The number of sulfonamides is 1. The summed E-state index contributed by atoms with van der Waals surface area (Å²) in [6.45, 7) is 4.07. The van der Waals surface area contributed by atoms with Crippen LogP contribution in [-0.4, -0.2) is 46.4 Å². The van der Waals surface area contributed by atoms with Crippen LogP contribution in [0, 0.1) is 0 Å². The molecule has 0 amide bonds. The number of pyridine rings is 1. The zero-order chi connectivity index (χ0) is 15.9. The van der Waals surface area contributed by atoms with Gasteiger partial charge in [-0.05, 0) is 12.5 Å². The summed E-state index contributed by atoms with van der Waals surface area (Å²) in [4.78, 5) is 4.08. The maximum absolute atomic E-state index is 12.1. The van der Waals surface area contributed by atoms with Crippen LogP contribution in [0.2, 0.25) is 0 Å². The van der Waals surface area contributed by atoms with Crippen LogP contribution in [0.5, 0.6) is 0 Å². The number of aromatic nitrogens is 1. The summed E-state index contributed by atoms with van der Waals surface area (Å²) in [5, 5.41) is 3.00. The number of nitrogens with zero attached hydrogens (tertiary/aromatic N) is 1. The van der Waals surface area contributed by atoms with E-state index in [1.165, 1.54) is 25.3 Å². The topological polar surface area (TPSA) is 105 Å². The van der Waals surface area contributed by atoms with Gasteiger partial charge in [-0.15, -0.1) is 0 Å². The Balaban J connectivity index is 2.74. The summed E-state index contributed by atoms with van der Waals surface area (Å²) >= 11 is 0. The maximum atomic E-state index is 12.1. The van der Waals surface area contributed by atoms with Crippen molar-refractivity contribution in [1.29, 1.82) is 0 Å². The molecule has 1 rings (SSSR count). The maximum Gasteiger partial charge on any atom is 0.240 e. The number of nitrogens with one attached hydrogen (secondary N) is 2. The second-order valence-electron chi connectivity index (χ2n) is 4.44. The first-order chi connectivity index (χ1) is 9.80. The minimum atomic E-state index is -3.73. The second-order valence-corrected chi connectivity index (χ2v) is 8.68. The number of hydrogen-bond donors (Lipinski definition) is 2. The van der Waals surface area contributed by atoms with Crippen LogP contribution in [-0.2, 0) is 19.9 Å². The molecule has 0 spiro atoms. The van der Waals surface area contributed by atoms with Gasteiger partial charge in [0.15, 0.2) is 9.84 Å². The van der Waals surface area contributed by atoms with E-state index >= 15 is 0 Å². The molecule has 0 aromatic carbocycles. The van der Waals surface area contributed by atoms with Crippen molar-refractivity contribution in [3.05, 3.63) is 18.3 Å². The zero-order valence-corrected chi connectivity index (χ0v) is 13.8. The van der Waals surface area contributed by atoms with E-state index in [4.69, 9.17) is 0 Å². The monoisotopic (exact) mass is 335 g/mol. The van der Waals surface area contributed by atoms with Crippen LogP contribution < -0.4 is 10.0 Å². The lowest BCUT2D eigenvalue weighted by atomic mass is 10.4. The first kappa shape index (κ1) is 17.9. The third kappa shape index (κ3) is 5.98. The minimum Gasteiger partial charge on any atom is -0.370 e. The highest BCUT2D eigenvalue weighted by atomic mass is 32.2. The quantitative estimate of drug-likeness (QED) is 0.685. The fourth-order valence-electron chi connectivity index (χ4n) is 1.49. The van der Waals surface area contributed by atoms with Crippen LogP contribution >= 0.6 is 0 Å². The third-order valence-corrected chi connectivity index (χ3v) is 5.91. The average molecular weight is 335 g/mol. The SMILES string of the molecule is CCCNc1cc(S(=O)(=O)NCCS(=O)(=O)CC)ccn1. The van der Waals surface area contributed by atoms with Crippen molar-refractivity contribution < 1.29 is 16.8 Å². The largest absolute Gasteiger partial charge is 0.370 e. The molecule has 0 unspecified atom stereocenters. The summed E-state index contributed by atoms with van der Waals surface area (Å²) in [6, 6.07) is 2.79. The Bertz CT molecular complexity index is 657. The van der Waals surface area contributed by atoms with E-state index in [0.29, 0.717) is 12.4 Å². The van der Waals surface area contributed by atoms with Gasteiger partial charge in [0.05, 0.1) is 10.6 Å². The number of rotatable bonds is 9. The molecule has 0 aliphatic rings. The molecule has 0 fully saturated rings. The van der Waals surface area contributed by atoms with Gasteiger partial charge in [-0.25, -0.2) is 26.5 Å². The van der Waals surface area contributed by atoms with E-state index in [-0.39, 0.29) is 22.9 Å². The predicted molar refractivity (Wildman–Crippen MR) is 82.5 cm³/mol. The summed E-state index contributed by atoms with van der Waals surface area (Å²) in [7, 11) is -6.93. The Morgan fingerprint density at radius 3 is 2.48 bits per heavy atom. The van der Waals surface area contributed by atoms with Gasteiger partial charge in [-0.1, -0.05) is 13.8 Å². The van der Waals surface area contributed by atoms with Crippen LogP contribution in [0.15, 0.2) is 23.2 Å². The van der Waals surface area contributed by atoms with Gasteiger partial charge in [0.1, 0.15) is 5.82 Å². The molecular formula is C12H21N3O4S2. The molecule has 1 heterocycles. The second kappa shape index (κ2) is 7.71. The fourth-order valence-corrected chi connectivity index (χ4v) is 3.36. The molecule has 7 nitrogen and oxygen atoms in total. The van der Waals surface area contributed by atoms with Gasteiger partial charge >= 0.3 is 0 Å². The van der Waals surface area contributed by atoms with E-state index in [2.05, 4.69) is 15.0 Å². The molecule has 0 aliphatic heterocycles. The van der Waals surface area contributed by atoms with E-state index in [0.717, 1.165) is 6.42 Å². The molecule has 1 aromatic heterocycles. The van der Waals surface area contributed by atoms with Crippen molar-refractivity contribution in [3.8, 4) is 0 Å². The molecule has 1 aromatic rings. The Morgan fingerprint density at radius 1 is 1.14 bits per heavy atom. The summed E-state index contributed by atoms with van der Waals surface area (Å²) in [5.74, 6) is 0.255. The molecule has 0 bridgehead atoms. The third-order valence-electron chi connectivity index (χ3n) is 2.74. The van der Waals surface area contributed by atoms with E-state index in [1.807, 2.05) is 6.92 Å². The molecule has 21 heavy (non-hydrogen) atoms. The van der Waals surface area contributed by atoms with E-state index < -0.39 is 19.9 Å². The summed E-state index contributed by atoms with van der Waals surface area (Å²) in [5.41, 5.74) is 0. The first-order valence-electron chi connectivity index (χ1n) is 6.70. The lowest BCUT2D eigenvalue weighted by molar-refractivity contribution is 0.581. The van der Waals surface area contributed by atoms with Gasteiger partial charge in [0, 0.05) is 31.1 Å². The zero-order valence-electron chi connectivity index (χ0n) is 12.2. The first-order valence-corrected chi connectivity index (χ1v) is 10.0. The highest BCUT2D eigenvalue weighted by Crippen LogP contribution is 2.12. The van der Waals surface area contributed by atoms with E-state index in [9.17, 15) is 16.8 Å². The standard InChI is InChI=1S/C12H21N3O4S2/c1-3-6-13-12-10-11(5-7-14-12)21(18,19)15-8-9-20(16,17)4-2/h5,7,10,15H,3-4,6,8-9H2,1-2H3,(H,13,14). The molecule has 120 valence electrons. The van der Waals surface area contributed by atoms with Crippen molar-refractivity contribution >= 4 is 25.7 Å². The molecule has 0 saturated carbocycles. The Morgan fingerprint density at radius 2 is 1.86 bits per heavy atom. The molecule has 0 atom stereocenters. The highest BCUT2D eigenvalue weighted by Gasteiger charge is 2.16. The number of hydrogen-bond acceptors (Lipinski definition) is 6. The van der Waals surface area contributed by atoms with Crippen molar-refractivity contribution in [2.24, 2.45) is 0 Å². The molecule has 2 N–H and O–H groups in total. The van der Waals surface area contributed by atoms with Crippen LogP contribution in [0.25, 0.3) is 0 Å². The molecule has 0 saturated heterocycles. The Kier molecular flexibility index (Phi) is 6.56. The molecular weight excluding hydrogens is 314 g/mol. The smallest absolute Gasteiger partial charge is 0.240 e. The van der Waals surface area contributed by atoms with Gasteiger partial charge < -0.3 is 5.32 Å². The Hall–Kier alpha value is -1.19. The fraction of sp³-hybridized carbons (Fsp3) is 0.583. The van der Waals surface area contributed by atoms with Gasteiger partial charge in [-0.3, -0.25) is 0 Å². The van der Waals surface area contributed by atoms with Crippen molar-refractivity contribution in [2.75, 3.05) is 29.9 Å². The van der Waals surface area contributed by atoms with Crippen molar-refractivity contribution in [3.63, 3.8) is 0 Å².